The van der Waals surface area contributed by atoms with E-state index in [0.717, 1.165) is 11.8 Å². The first-order chi connectivity index (χ1) is 12.2. The first kappa shape index (κ1) is 16.3. The molecule has 0 aliphatic heterocycles. The second-order valence-electron chi connectivity index (χ2n) is 5.33. The van der Waals surface area contributed by atoms with Gasteiger partial charge in [-0.05, 0) is 42.0 Å². The van der Waals surface area contributed by atoms with Crippen LogP contribution in [-0.2, 0) is 6.54 Å². The zero-order valence-electron chi connectivity index (χ0n) is 13.3. The maximum absolute atomic E-state index is 13.5. The standard InChI is InChI=1S/C20H14FN3O/c1-2-15-4-3-5-19(10-15)24(14-16-6-8-22-9-7-16)20(25)17-11-18(21)13-23-12-17/h1,3-13H,14H2. The molecule has 3 rings (SSSR count). The summed E-state index contributed by atoms with van der Waals surface area (Å²) in [6, 6.07) is 11.9. The number of pyridine rings is 2. The van der Waals surface area contributed by atoms with Crippen molar-refractivity contribution in [2.45, 2.75) is 6.54 Å². The largest absolute Gasteiger partial charge is 0.304 e. The lowest BCUT2D eigenvalue weighted by molar-refractivity contribution is 0.0984. The summed E-state index contributed by atoms with van der Waals surface area (Å²) < 4.78 is 13.5. The number of anilines is 1. The van der Waals surface area contributed by atoms with Crippen LogP contribution in [0.15, 0.2) is 67.3 Å². The van der Waals surface area contributed by atoms with Gasteiger partial charge in [0.25, 0.3) is 5.91 Å². The SMILES string of the molecule is C#Cc1cccc(N(Cc2ccncc2)C(=O)c2cncc(F)c2)c1. The lowest BCUT2D eigenvalue weighted by Gasteiger charge is -2.23. The summed E-state index contributed by atoms with van der Waals surface area (Å²) in [6.45, 7) is 0.298. The Hall–Kier alpha value is -3.52. The molecule has 0 aliphatic carbocycles. The molecule has 0 saturated carbocycles. The third-order valence-electron chi connectivity index (χ3n) is 3.61. The van der Waals surface area contributed by atoms with Crippen LogP contribution in [0.25, 0.3) is 0 Å². The molecule has 0 aliphatic rings. The predicted molar refractivity (Wildman–Crippen MR) is 93.3 cm³/mol. The fraction of sp³-hybridized carbons (Fsp3) is 0.0500. The normalized spacial score (nSPS) is 10.1. The molecular weight excluding hydrogens is 317 g/mol. The molecule has 0 atom stereocenters. The Bertz CT molecular complexity index is 935. The van der Waals surface area contributed by atoms with Crippen molar-refractivity contribution in [2.75, 3.05) is 4.90 Å². The number of rotatable bonds is 4. The first-order valence-corrected chi connectivity index (χ1v) is 7.55. The number of hydrogen-bond acceptors (Lipinski definition) is 3. The highest BCUT2D eigenvalue weighted by molar-refractivity contribution is 6.05. The average molecular weight is 331 g/mol. The Morgan fingerprint density at radius 2 is 1.92 bits per heavy atom. The third kappa shape index (κ3) is 3.88. The highest BCUT2D eigenvalue weighted by Crippen LogP contribution is 2.21. The van der Waals surface area contributed by atoms with Gasteiger partial charge in [0.2, 0.25) is 0 Å². The molecule has 3 aromatic rings. The second-order valence-corrected chi connectivity index (χ2v) is 5.33. The number of carbonyl (C=O) groups excluding carboxylic acids is 1. The monoisotopic (exact) mass is 331 g/mol. The molecule has 4 nitrogen and oxygen atoms in total. The van der Waals surface area contributed by atoms with Gasteiger partial charge in [-0.1, -0.05) is 12.0 Å². The van der Waals surface area contributed by atoms with Gasteiger partial charge in [0, 0.05) is 29.8 Å². The summed E-state index contributed by atoms with van der Waals surface area (Å²) in [5.74, 6) is 1.63. The fourth-order valence-corrected chi connectivity index (χ4v) is 2.40. The molecular formula is C20H14FN3O. The minimum atomic E-state index is -0.563. The van der Waals surface area contributed by atoms with E-state index in [1.54, 1.807) is 36.7 Å². The summed E-state index contributed by atoms with van der Waals surface area (Å²) in [5.41, 5.74) is 2.34. The Balaban J connectivity index is 2.02. The van der Waals surface area contributed by atoms with Crippen molar-refractivity contribution >= 4 is 11.6 Å². The number of terminal acetylenes is 1. The minimum absolute atomic E-state index is 0.167. The van der Waals surface area contributed by atoms with Gasteiger partial charge in [0.05, 0.1) is 18.3 Å². The fourth-order valence-electron chi connectivity index (χ4n) is 2.40. The molecule has 0 spiro atoms. The summed E-state index contributed by atoms with van der Waals surface area (Å²) in [6.07, 6.45) is 11.2. The van der Waals surface area contributed by atoms with Gasteiger partial charge in [-0.15, -0.1) is 6.42 Å². The van der Waals surface area contributed by atoms with Crippen molar-refractivity contribution in [2.24, 2.45) is 0 Å². The number of amides is 1. The van der Waals surface area contributed by atoms with E-state index in [1.165, 1.54) is 17.2 Å². The van der Waals surface area contributed by atoms with Gasteiger partial charge in [-0.2, -0.15) is 0 Å². The van der Waals surface area contributed by atoms with E-state index in [9.17, 15) is 9.18 Å². The van der Waals surface area contributed by atoms with Crippen molar-refractivity contribution in [3.8, 4) is 12.3 Å². The van der Waals surface area contributed by atoms with Crippen LogP contribution in [-0.4, -0.2) is 15.9 Å². The van der Waals surface area contributed by atoms with E-state index >= 15 is 0 Å². The molecule has 0 radical (unpaired) electrons. The first-order valence-electron chi connectivity index (χ1n) is 7.55. The van der Waals surface area contributed by atoms with Crippen molar-refractivity contribution in [1.29, 1.82) is 0 Å². The van der Waals surface area contributed by atoms with E-state index in [0.29, 0.717) is 17.8 Å². The Labute approximate surface area is 145 Å². The molecule has 5 heteroatoms. The number of nitrogens with zero attached hydrogens (tertiary/aromatic N) is 3. The molecule has 122 valence electrons. The van der Waals surface area contributed by atoms with Gasteiger partial charge in [-0.25, -0.2) is 4.39 Å². The zero-order valence-corrected chi connectivity index (χ0v) is 13.3. The summed E-state index contributed by atoms with van der Waals surface area (Å²) in [7, 11) is 0. The topological polar surface area (TPSA) is 46.1 Å². The van der Waals surface area contributed by atoms with Crippen LogP contribution in [0.1, 0.15) is 21.5 Å². The molecule has 1 amide bonds. The highest BCUT2D eigenvalue weighted by atomic mass is 19.1. The van der Waals surface area contributed by atoms with Crippen LogP contribution >= 0.6 is 0 Å². The predicted octanol–water partition coefficient (Wildman–Crippen LogP) is 3.44. The molecule has 0 N–H and O–H groups in total. The minimum Gasteiger partial charge on any atom is -0.304 e. The van der Waals surface area contributed by atoms with E-state index in [4.69, 9.17) is 6.42 Å². The second kappa shape index (κ2) is 7.37. The van der Waals surface area contributed by atoms with Gasteiger partial charge in [-0.3, -0.25) is 14.8 Å². The zero-order chi connectivity index (χ0) is 17.6. The molecule has 0 unspecified atom stereocenters. The Morgan fingerprint density at radius 3 is 2.64 bits per heavy atom. The smallest absolute Gasteiger partial charge is 0.260 e. The third-order valence-corrected chi connectivity index (χ3v) is 3.61. The van der Waals surface area contributed by atoms with Gasteiger partial charge in [0.1, 0.15) is 5.82 Å². The average Bonchev–Trinajstić information content (AvgIpc) is 2.66. The highest BCUT2D eigenvalue weighted by Gasteiger charge is 2.19. The van der Waals surface area contributed by atoms with E-state index in [2.05, 4.69) is 15.9 Å². The number of aromatic nitrogens is 2. The molecule has 0 bridgehead atoms. The van der Waals surface area contributed by atoms with Crippen molar-refractivity contribution in [1.82, 2.24) is 9.97 Å². The van der Waals surface area contributed by atoms with E-state index in [-0.39, 0.29) is 11.5 Å². The summed E-state index contributed by atoms with van der Waals surface area (Å²) >= 11 is 0. The number of benzene rings is 1. The van der Waals surface area contributed by atoms with Crippen LogP contribution in [0.4, 0.5) is 10.1 Å². The van der Waals surface area contributed by atoms with E-state index < -0.39 is 5.82 Å². The number of carbonyl (C=O) groups is 1. The number of halogens is 1. The number of hydrogen-bond donors (Lipinski definition) is 0. The molecule has 25 heavy (non-hydrogen) atoms. The summed E-state index contributed by atoms with van der Waals surface area (Å²) in [5, 5.41) is 0. The molecule has 0 fully saturated rings. The maximum Gasteiger partial charge on any atom is 0.260 e. The van der Waals surface area contributed by atoms with Crippen LogP contribution in [0.5, 0.6) is 0 Å². The Morgan fingerprint density at radius 1 is 1.12 bits per heavy atom. The maximum atomic E-state index is 13.5. The van der Waals surface area contributed by atoms with Crippen LogP contribution in [0.2, 0.25) is 0 Å². The van der Waals surface area contributed by atoms with Crippen LogP contribution in [0.3, 0.4) is 0 Å². The lowest BCUT2D eigenvalue weighted by Crippen LogP contribution is -2.30. The van der Waals surface area contributed by atoms with Gasteiger partial charge < -0.3 is 4.90 Å². The van der Waals surface area contributed by atoms with Crippen molar-refractivity contribution in [3.63, 3.8) is 0 Å². The van der Waals surface area contributed by atoms with E-state index in [1.807, 2.05) is 12.1 Å². The molecule has 1 aromatic carbocycles. The van der Waals surface area contributed by atoms with Crippen LogP contribution < -0.4 is 4.90 Å². The van der Waals surface area contributed by atoms with Gasteiger partial charge in [0.15, 0.2) is 0 Å². The molecule has 2 aromatic heterocycles. The molecule has 2 heterocycles. The van der Waals surface area contributed by atoms with Crippen molar-refractivity contribution in [3.05, 3.63) is 89.8 Å². The Kier molecular flexibility index (Phi) is 4.82. The molecule has 0 saturated heterocycles. The van der Waals surface area contributed by atoms with Crippen LogP contribution in [0, 0.1) is 18.2 Å². The quantitative estimate of drug-likeness (QED) is 0.688. The van der Waals surface area contributed by atoms with Gasteiger partial charge >= 0.3 is 0 Å². The lowest BCUT2D eigenvalue weighted by atomic mass is 10.1. The van der Waals surface area contributed by atoms with Crippen molar-refractivity contribution < 1.29 is 9.18 Å². The summed E-state index contributed by atoms with van der Waals surface area (Å²) in [4.78, 5) is 22.2.